The Morgan fingerprint density at radius 1 is 1.62 bits per heavy atom. The second kappa shape index (κ2) is 1.66. The van der Waals surface area contributed by atoms with Crippen LogP contribution in [-0.4, -0.2) is 26.4 Å². The molecule has 48 valence electrons. The van der Waals surface area contributed by atoms with Crippen molar-refractivity contribution < 1.29 is 21.9 Å². The van der Waals surface area contributed by atoms with Gasteiger partial charge >= 0.3 is 10.4 Å². The molecule has 0 aromatic heterocycles. The highest BCUT2D eigenvalue weighted by molar-refractivity contribution is 7.82. The topological polar surface area (TPSA) is 72.8 Å². The van der Waals surface area contributed by atoms with Crippen LogP contribution in [0.2, 0.25) is 0 Å². The molecule has 0 bridgehead atoms. The van der Waals surface area contributed by atoms with Crippen molar-refractivity contribution in [2.75, 3.05) is 6.61 Å². The maximum absolute atomic E-state index is 10.0. The van der Waals surface area contributed by atoms with Crippen molar-refractivity contribution in [1.29, 1.82) is 0 Å². The molecule has 1 N–H and O–H groups in total. The van der Waals surface area contributed by atoms with Gasteiger partial charge in [-0.05, 0) is 0 Å². The molecule has 1 heterocycles. The van der Waals surface area contributed by atoms with Crippen molar-refractivity contribution in [2.45, 2.75) is 6.29 Å². The molecule has 0 aliphatic carbocycles. The van der Waals surface area contributed by atoms with Gasteiger partial charge in [-0.3, -0.25) is 0 Å². The fraction of sp³-hybridized carbons (Fsp3) is 1.00. The van der Waals surface area contributed by atoms with Gasteiger partial charge in [0, 0.05) is 0 Å². The fourth-order valence-corrected chi connectivity index (χ4v) is 0.999. The van der Waals surface area contributed by atoms with Crippen LogP contribution in [0.1, 0.15) is 0 Å². The van der Waals surface area contributed by atoms with Crippen molar-refractivity contribution in [2.24, 2.45) is 0 Å². The lowest BCUT2D eigenvalue weighted by Gasteiger charge is -1.88. The first-order valence-corrected chi connectivity index (χ1v) is 3.19. The molecule has 1 aliphatic heterocycles. The predicted octanol–water partition coefficient (Wildman–Crippen LogP) is -1.40. The maximum Gasteiger partial charge on any atom is 0.402 e. The lowest BCUT2D eigenvalue weighted by Crippen LogP contribution is -2.06. The van der Waals surface area contributed by atoms with Gasteiger partial charge in [-0.2, -0.15) is 8.42 Å². The van der Waals surface area contributed by atoms with Crippen LogP contribution in [0.15, 0.2) is 0 Å². The maximum atomic E-state index is 10.0. The molecule has 6 heteroatoms. The van der Waals surface area contributed by atoms with Gasteiger partial charge in [-0.1, -0.05) is 0 Å². The van der Waals surface area contributed by atoms with Crippen molar-refractivity contribution in [3.05, 3.63) is 0 Å². The molecule has 0 amide bonds. The molecule has 0 aromatic rings. The van der Waals surface area contributed by atoms with Crippen molar-refractivity contribution >= 4 is 10.4 Å². The molecule has 0 saturated carbocycles. The van der Waals surface area contributed by atoms with Gasteiger partial charge in [-0.15, -0.1) is 0 Å². The zero-order valence-electron chi connectivity index (χ0n) is 3.77. The second-order valence-corrected chi connectivity index (χ2v) is 2.49. The van der Waals surface area contributed by atoms with E-state index in [1.807, 2.05) is 0 Å². The molecule has 0 spiro atoms. The minimum Gasteiger partial charge on any atom is -0.365 e. The van der Waals surface area contributed by atoms with Gasteiger partial charge in [-0.25, -0.2) is 8.37 Å². The summed E-state index contributed by atoms with van der Waals surface area (Å²) < 4.78 is 27.9. The third-order valence-corrected chi connectivity index (χ3v) is 1.47. The van der Waals surface area contributed by atoms with E-state index >= 15 is 0 Å². The average Bonchev–Trinajstić information content (AvgIpc) is 1.82. The molecule has 1 fully saturated rings. The molecule has 1 unspecified atom stereocenters. The molecule has 5 nitrogen and oxygen atoms in total. The summed E-state index contributed by atoms with van der Waals surface area (Å²) in [6.07, 6.45) is -1.32. The summed E-state index contributed by atoms with van der Waals surface area (Å²) in [6.45, 7) is -0.303. The minimum absolute atomic E-state index is 0.303. The molecule has 8 heavy (non-hydrogen) atoms. The molecular weight excluding hydrogens is 136 g/mol. The van der Waals surface area contributed by atoms with E-state index in [0.717, 1.165) is 0 Å². The minimum atomic E-state index is -3.85. The van der Waals surface area contributed by atoms with Crippen LogP contribution in [0.25, 0.3) is 0 Å². The summed E-state index contributed by atoms with van der Waals surface area (Å²) >= 11 is 0. The van der Waals surface area contributed by atoms with Gasteiger partial charge in [0.05, 0.1) is 0 Å². The van der Waals surface area contributed by atoms with Gasteiger partial charge < -0.3 is 5.11 Å². The van der Waals surface area contributed by atoms with E-state index < -0.39 is 16.7 Å². The zero-order valence-corrected chi connectivity index (χ0v) is 4.59. The number of aliphatic hydroxyl groups excluding tert-OH is 1. The summed E-state index contributed by atoms with van der Waals surface area (Å²) in [5.41, 5.74) is 0. The first-order valence-electron chi connectivity index (χ1n) is 1.86. The Bertz CT molecular complexity index is 169. The van der Waals surface area contributed by atoms with Gasteiger partial charge in [0.1, 0.15) is 6.61 Å². The van der Waals surface area contributed by atoms with Crippen LogP contribution in [0.5, 0.6) is 0 Å². The van der Waals surface area contributed by atoms with E-state index in [4.69, 9.17) is 5.11 Å². The van der Waals surface area contributed by atoms with E-state index in [0.29, 0.717) is 0 Å². The number of aliphatic hydroxyl groups is 1. The SMILES string of the molecule is O=S1(=O)OCC(O)O1. The average molecular weight is 140 g/mol. The Morgan fingerprint density at radius 3 is 2.38 bits per heavy atom. The largest absolute Gasteiger partial charge is 0.402 e. The molecule has 0 radical (unpaired) electrons. The van der Waals surface area contributed by atoms with Crippen LogP contribution in [0, 0.1) is 0 Å². The zero-order chi connectivity index (χ0) is 6.20. The highest BCUT2D eigenvalue weighted by Crippen LogP contribution is 2.08. The smallest absolute Gasteiger partial charge is 0.365 e. The van der Waals surface area contributed by atoms with Crippen molar-refractivity contribution in [3.63, 3.8) is 0 Å². The summed E-state index contributed by atoms with van der Waals surface area (Å²) in [4.78, 5) is 0. The Hall–Kier alpha value is -0.170. The van der Waals surface area contributed by atoms with E-state index in [2.05, 4.69) is 8.37 Å². The van der Waals surface area contributed by atoms with E-state index in [1.54, 1.807) is 0 Å². The molecule has 1 atom stereocenters. The van der Waals surface area contributed by atoms with Gasteiger partial charge in [0.2, 0.25) is 0 Å². The first kappa shape index (κ1) is 5.96. The number of hydrogen-bond donors (Lipinski definition) is 1. The molecule has 1 aliphatic rings. The molecule has 0 aromatic carbocycles. The quantitative estimate of drug-likeness (QED) is 0.447. The highest BCUT2D eigenvalue weighted by Gasteiger charge is 2.27. The van der Waals surface area contributed by atoms with Crippen LogP contribution in [-0.2, 0) is 18.8 Å². The van der Waals surface area contributed by atoms with Crippen LogP contribution in [0.4, 0.5) is 0 Å². The Kier molecular flexibility index (Phi) is 1.24. The van der Waals surface area contributed by atoms with E-state index in [-0.39, 0.29) is 6.61 Å². The van der Waals surface area contributed by atoms with Crippen LogP contribution < -0.4 is 0 Å². The molecular formula is C2H4O5S. The van der Waals surface area contributed by atoms with Crippen molar-refractivity contribution in [1.82, 2.24) is 0 Å². The number of hydrogen-bond acceptors (Lipinski definition) is 5. The molecule has 1 saturated heterocycles. The van der Waals surface area contributed by atoms with E-state index in [9.17, 15) is 8.42 Å². The summed E-state index contributed by atoms with van der Waals surface area (Å²) in [5, 5.41) is 8.34. The Morgan fingerprint density at radius 2 is 2.25 bits per heavy atom. The second-order valence-electron chi connectivity index (χ2n) is 1.24. The summed E-state index contributed by atoms with van der Waals surface area (Å²) in [7, 11) is -3.85. The van der Waals surface area contributed by atoms with Crippen LogP contribution in [0.3, 0.4) is 0 Å². The molecule has 1 rings (SSSR count). The predicted molar refractivity (Wildman–Crippen MR) is 22.0 cm³/mol. The Labute approximate surface area is 46.2 Å². The third kappa shape index (κ3) is 1.16. The Balaban J connectivity index is 2.71. The first-order chi connectivity index (χ1) is 3.60. The lowest BCUT2D eigenvalue weighted by molar-refractivity contribution is 0.00184. The summed E-state index contributed by atoms with van der Waals surface area (Å²) in [6, 6.07) is 0. The summed E-state index contributed by atoms with van der Waals surface area (Å²) in [5.74, 6) is 0. The fourth-order valence-electron chi connectivity index (χ4n) is 0.333. The monoisotopic (exact) mass is 140 g/mol. The lowest BCUT2D eigenvalue weighted by atomic mass is 10.7. The van der Waals surface area contributed by atoms with Gasteiger partial charge in [0.25, 0.3) is 0 Å². The third-order valence-electron chi connectivity index (χ3n) is 0.584. The van der Waals surface area contributed by atoms with Crippen molar-refractivity contribution in [3.8, 4) is 0 Å². The van der Waals surface area contributed by atoms with E-state index in [1.165, 1.54) is 0 Å². The van der Waals surface area contributed by atoms with Crippen LogP contribution >= 0.6 is 0 Å². The number of rotatable bonds is 0. The van der Waals surface area contributed by atoms with Gasteiger partial charge in [0.15, 0.2) is 6.29 Å². The standard InChI is InChI=1S/C2H4O5S/c3-2-1-6-8(4,5)7-2/h2-3H,1H2. The highest BCUT2D eigenvalue weighted by atomic mass is 32.3. The normalized spacial score (nSPS) is 35.4.